The number of carboxylic acids is 1. The van der Waals surface area contributed by atoms with Crippen molar-refractivity contribution in [1.29, 1.82) is 5.26 Å². The van der Waals surface area contributed by atoms with E-state index in [-0.39, 0.29) is 34.1 Å². The molecule has 0 atom stereocenters. The Kier molecular flexibility index (Phi) is 5.41. The molecule has 0 amide bonds. The number of aromatic hydroxyl groups is 1. The predicted molar refractivity (Wildman–Crippen MR) is 101 cm³/mol. The van der Waals surface area contributed by atoms with Gasteiger partial charge in [-0.15, -0.1) is 0 Å². The molecule has 1 heterocycles. The number of aromatic nitrogens is 1. The molecule has 0 aliphatic carbocycles. The molecule has 0 spiro atoms. The van der Waals surface area contributed by atoms with Gasteiger partial charge in [-0.05, 0) is 23.8 Å². The first-order valence-electron chi connectivity index (χ1n) is 8.51. The van der Waals surface area contributed by atoms with E-state index in [4.69, 9.17) is 9.84 Å². The summed E-state index contributed by atoms with van der Waals surface area (Å²) in [6.45, 7) is 0. The van der Waals surface area contributed by atoms with Gasteiger partial charge >= 0.3 is 5.97 Å². The monoisotopic (exact) mass is 394 g/mol. The van der Waals surface area contributed by atoms with Crippen LogP contribution in [0.2, 0.25) is 0 Å². The lowest BCUT2D eigenvalue weighted by Crippen LogP contribution is -2.07. The van der Waals surface area contributed by atoms with Crippen molar-refractivity contribution in [2.24, 2.45) is 0 Å². The van der Waals surface area contributed by atoms with Gasteiger partial charge in [-0.3, -0.25) is 9.59 Å². The van der Waals surface area contributed by atoms with Gasteiger partial charge in [-0.2, -0.15) is 5.26 Å². The maximum atomic E-state index is 14.4. The average Bonchev–Trinajstić information content (AvgIpc) is 2.71. The van der Waals surface area contributed by atoms with Crippen LogP contribution in [-0.2, 0) is 4.79 Å². The Labute approximate surface area is 164 Å². The molecule has 3 rings (SSSR count). The third-order valence-corrected chi connectivity index (χ3v) is 4.39. The molecule has 3 aromatic rings. The number of carbonyl (C=O) groups excluding carboxylic acids is 1. The number of Topliss-reactive ketones (excluding diaryl/α,β-unsaturated/α-hetero) is 1. The van der Waals surface area contributed by atoms with Crippen molar-refractivity contribution >= 4 is 22.7 Å². The summed E-state index contributed by atoms with van der Waals surface area (Å²) in [5, 5.41) is 28.7. The van der Waals surface area contributed by atoms with Crippen LogP contribution in [0.25, 0.3) is 22.0 Å². The Morgan fingerprint density at radius 2 is 1.97 bits per heavy atom. The lowest BCUT2D eigenvalue weighted by Gasteiger charge is -2.10. The van der Waals surface area contributed by atoms with Crippen LogP contribution in [0, 0.1) is 17.1 Å². The van der Waals surface area contributed by atoms with E-state index in [1.54, 1.807) is 12.1 Å². The number of aliphatic carboxylic acids is 1. The van der Waals surface area contributed by atoms with Crippen molar-refractivity contribution in [3.05, 3.63) is 53.5 Å². The number of carboxylic acid groups (broad SMARTS) is 1. The van der Waals surface area contributed by atoms with E-state index < -0.39 is 29.7 Å². The number of hydrogen-bond donors (Lipinski definition) is 2. The van der Waals surface area contributed by atoms with E-state index in [0.29, 0.717) is 11.3 Å². The van der Waals surface area contributed by atoms with Crippen LogP contribution < -0.4 is 4.74 Å². The molecule has 0 unspecified atom stereocenters. The first-order chi connectivity index (χ1) is 13.8. The number of nitrogens with zero attached hydrogens (tertiary/aromatic N) is 2. The topological polar surface area (TPSA) is 121 Å². The largest absolute Gasteiger partial charge is 0.504 e. The summed E-state index contributed by atoms with van der Waals surface area (Å²) in [6, 6.07) is 10.8. The average molecular weight is 394 g/mol. The maximum Gasteiger partial charge on any atom is 0.303 e. The number of nitriles is 1. The van der Waals surface area contributed by atoms with Crippen molar-refractivity contribution in [2.75, 3.05) is 7.11 Å². The summed E-state index contributed by atoms with van der Waals surface area (Å²) in [4.78, 5) is 27.1. The van der Waals surface area contributed by atoms with Gasteiger partial charge in [0, 0.05) is 23.4 Å². The quantitative estimate of drug-likeness (QED) is 0.612. The second-order valence-corrected chi connectivity index (χ2v) is 6.19. The minimum atomic E-state index is -1.17. The van der Waals surface area contributed by atoms with Crippen molar-refractivity contribution in [3.63, 3.8) is 0 Å². The van der Waals surface area contributed by atoms with Gasteiger partial charge in [0.1, 0.15) is 28.9 Å². The van der Waals surface area contributed by atoms with Crippen molar-refractivity contribution in [1.82, 2.24) is 4.98 Å². The van der Waals surface area contributed by atoms with Crippen LogP contribution in [0.3, 0.4) is 0 Å². The van der Waals surface area contributed by atoms with Crippen LogP contribution >= 0.6 is 0 Å². The van der Waals surface area contributed by atoms with Crippen molar-refractivity contribution in [2.45, 2.75) is 12.8 Å². The Balaban J connectivity index is 2.14. The number of ether oxygens (including phenoxy) is 1. The molecule has 0 fully saturated rings. The van der Waals surface area contributed by atoms with Gasteiger partial charge in [-0.1, -0.05) is 12.1 Å². The number of benzene rings is 2. The van der Waals surface area contributed by atoms with E-state index in [1.807, 2.05) is 6.07 Å². The second kappa shape index (κ2) is 7.94. The van der Waals surface area contributed by atoms with Crippen LogP contribution in [-0.4, -0.2) is 34.1 Å². The smallest absolute Gasteiger partial charge is 0.303 e. The van der Waals surface area contributed by atoms with Gasteiger partial charge in [0.15, 0.2) is 11.5 Å². The number of rotatable bonds is 6. The number of pyridine rings is 1. The second-order valence-electron chi connectivity index (χ2n) is 6.19. The normalized spacial score (nSPS) is 10.5. The summed E-state index contributed by atoms with van der Waals surface area (Å²) in [7, 11) is 1.42. The molecule has 0 saturated heterocycles. The Morgan fingerprint density at radius 3 is 2.59 bits per heavy atom. The van der Waals surface area contributed by atoms with Gasteiger partial charge in [0.25, 0.3) is 0 Å². The lowest BCUT2D eigenvalue weighted by atomic mass is 9.99. The van der Waals surface area contributed by atoms with Crippen LogP contribution in [0.15, 0.2) is 36.4 Å². The SMILES string of the molecule is COc1ccc(-c2ccc3c(C#N)c(O)c(C(=O)CCC(=O)O)nc3c2)c(F)c1. The zero-order chi connectivity index (χ0) is 21.1. The molecule has 0 bridgehead atoms. The van der Waals surface area contributed by atoms with Gasteiger partial charge in [0.05, 0.1) is 19.0 Å². The van der Waals surface area contributed by atoms with E-state index in [2.05, 4.69) is 4.98 Å². The third-order valence-electron chi connectivity index (χ3n) is 4.39. The molecule has 146 valence electrons. The van der Waals surface area contributed by atoms with E-state index in [0.717, 1.165) is 0 Å². The Morgan fingerprint density at radius 1 is 1.21 bits per heavy atom. The highest BCUT2D eigenvalue weighted by atomic mass is 19.1. The minimum absolute atomic E-state index is 0.157. The highest BCUT2D eigenvalue weighted by molar-refractivity contribution is 6.02. The van der Waals surface area contributed by atoms with Crippen molar-refractivity contribution in [3.8, 4) is 28.7 Å². The fraction of sp³-hybridized carbons (Fsp3) is 0.143. The molecular weight excluding hydrogens is 379 g/mol. The van der Waals surface area contributed by atoms with E-state index in [1.165, 1.54) is 31.4 Å². The molecule has 2 N–H and O–H groups in total. The van der Waals surface area contributed by atoms with Crippen molar-refractivity contribution < 1.29 is 28.9 Å². The molecule has 8 heteroatoms. The Hall–Kier alpha value is -3.99. The lowest BCUT2D eigenvalue weighted by molar-refractivity contribution is -0.136. The number of hydrogen-bond acceptors (Lipinski definition) is 6. The highest BCUT2D eigenvalue weighted by Gasteiger charge is 2.21. The molecule has 0 saturated carbocycles. The first kappa shape index (κ1) is 19.8. The number of ketones is 1. The van der Waals surface area contributed by atoms with Crippen LogP contribution in [0.4, 0.5) is 4.39 Å². The molecule has 2 aromatic carbocycles. The standard InChI is InChI=1S/C21H15FN2O5/c1-29-12-3-5-13(16(22)9-12)11-2-4-14-15(10-23)21(28)20(24-17(14)8-11)18(25)6-7-19(26)27/h2-5,8-9,28H,6-7H2,1H3,(H,26,27). The summed E-state index contributed by atoms with van der Waals surface area (Å²) >= 11 is 0. The molecule has 29 heavy (non-hydrogen) atoms. The summed E-state index contributed by atoms with van der Waals surface area (Å²) in [6.07, 6.45) is -0.809. The molecule has 1 aromatic heterocycles. The van der Waals surface area contributed by atoms with Gasteiger partial charge in [0.2, 0.25) is 0 Å². The number of methoxy groups -OCH3 is 1. The Bertz CT molecular complexity index is 1180. The fourth-order valence-electron chi connectivity index (χ4n) is 2.93. The third kappa shape index (κ3) is 3.84. The maximum absolute atomic E-state index is 14.4. The van der Waals surface area contributed by atoms with Gasteiger partial charge < -0.3 is 14.9 Å². The molecule has 0 radical (unpaired) electrons. The molecular formula is C21H15FN2O5. The van der Waals surface area contributed by atoms with E-state index >= 15 is 0 Å². The van der Waals surface area contributed by atoms with Crippen LogP contribution in [0.5, 0.6) is 11.5 Å². The molecule has 0 aliphatic heterocycles. The zero-order valence-electron chi connectivity index (χ0n) is 15.3. The highest BCUT2D eigenvalue weighted by Crippen LogP contribution is 2.33. The predicted octanol–water partition coefficient (Wildman–Crippen LogP) is 3.67. The minimum Gasteiger partial charge on any atom is -0.504 e. The zero-order valence-corrected chi connectivity index (χ0v) is 15.3. The first-order valence-corrected chi connectivity index (χ1v) is 8.51. The molecule has 0 aliphatic rings. The number of carbonyl (C=O) groups is 2. The molecule has 7 nitrogen and oxygen atoms in total. The summed E-state index contributed by atoms with van der Waals surface area (Å²) in [5.41, 5.74) is 0.368. The summed E-state index contributed by atoms with van der Waals surface area (Å²) in [5.74, 6) is -2.64. The number of halogens is 1. The summed E-state index contributed by atoms with van der Waals surface area (Å²) < 4.78 is 19.4. The van der Waals surface area contributed by atoms with E-state index in [9.17, 15) is 24.3 Å². The van der Waals surface area contributed by atoms with Crippen LogP contribution in [0.1, 0.15) is 28.9 Å². The van der Waals surface area contributed by atoms with Gasteiger partial charge in [-0.25, -0.2) is 9.37 Å². The fourth-order valence-corrected chi connectivity index (χ4v) is 2.93. The number of fused-ring (bicyclic) bond motifs is 1.